The van der Waals surface area contributed by atoms with E-state index in [4.69, 9.17) is 34.1 Å². The summed E-state index contributed by atoms with van der Waals surface area (Å²) >= 11 is -11.8. The molecule has 0 atom stereocenters. The molecule has 0 fully saturated rings. The van der Waals surface area contributed by atoms with Crippen LogP contribution in [0.3, 0.4) is 0 Å². The fourth-order valence-corrected chi connectivity index (χ4v) is 0. The molecule has 0 aliphatic rings. The van der Waals surface area contributed by atoms with Crippen molar-refractivity contribution in [3.63, 3.8) is 0 Å². The zero-order valence-corrected chi connectivity index (χ0v) is 13.7. The molecule has 0 N–H and O–H groups in total. The Morgan fingerprint density at radius 1 is 0.571 bits per heavy atom. The first-order valence-electron chi connectivity index (χ1n) is 1.64. The maximum absolute atomic E-state index is 8.56. The minimum absolute atomic E-state index is 0. The molecular formula is BBiO9V3. The molecule has 0 aliphatic heterocycles. The molecule has 5 radical (unpaired) electrons. The van der Waals surface area contributed by atoms with Gasteiger partial charge in [-0.25, -0.2) is 0 Å². The van der Waals surface area contributed by atoms with Crippen molar-refractivity contribution >= 4 is 34.6 Å². The van der Waals surface area contributed by atoms with Gasteiger partial charge >= 0.3 is 107 Å². The first-order valence-corrected chi connectivity index (χ1v) is 6.77. The van der Waals surface area contributed by atoms with Crippen molar-refractivity contribution in [2.45, 2.75) is 0 Å². The number of rotatable bonds is 0. The van der Waals surface area contributed by atoms with E-state index in [0.29, 0.717) is 0 Å². The SMILES string of the molecule is [B].[Bi+3].[O]=[V](=[O])[O-].[O]=[V](=[O])[O-].[O]=[V](=[O])[O-]. The van der Waals surface area contributed by atoms with Gasteiger partial charge in [0.25, 0.3) is 0 Å². The van der Waals surface area contributed by atoms with E-state index in [0.717, 1.165) is 0 Å². The van der Waals surface area contributed by atoms with Crippen molar-refractivity contribution < 1.29 is 80.3 Å². The van der Waals surface area contributed by atoms with Gasteiger partial charge in [-0.1, -0.05) is 0 Å². The average molecular weight is 517 g/mol. The van der Waals surface area contributed by atoms with Gasteiger partial charge in [-0.05, 0) is 0 Å². The molecule has 0 aromatic heterocycles. The van der Waals surface area contributed by atoms with Crippen molar-refractivity contribution in [1.82, 2.24) is 0 Å². The van der Waals surface area contributed by atoms with Crippen molar-refractivity contribution in [2.24, 2.45) is 0 Å². The second kappa shape index (κ2) is 23.9. The van der Waals surface area contributed by atoms with E-state index in [2.05, 4.69) is 0 Å². The van der Waals surface area contributed by atoms with Crippen LogP contribution in [0.4, 0.5) is 0 Å². The van der Waals surface area contributed by atoms with Crippen LogP contribution in [0, 0.1) is 0 Å². The molecule has 9 nitrogen and oxygen atoms in total. The van der Waals surface area contributed by atoms with E-state index in [-0.39, 0.29) is 34.6 Å². The van der Waals surface area contributed by atoms with Gasteiger partial charge in [-0.15, -0.1) is 0 Å². The van der Waals surface area contributed by atoms with Crippen LogP contribution in [0.25, 0.3) is 0 Å². The summed E-state index contributed by atoms with van der Waals surface area (Å²) in [4.78, 5) is 0. The second-order valence-electron chi connectivity index (χ2n) is 0.671. The average Bonchev–Trinajstić information content (AvgIpc) is 1.54. The summed E-state index contributed by atoms with van der Waals surface area (Å²) in [5, 5.41) is 0. The van der Waals surface area contributed by atoms with Crippen molar-refractivity contribution in [2.75, 3.05) is 0 Å². The Kier molecular flexibility index (Phi) is 50.4. The fourth-order valence-electron chi connectivity index (χ4n) is 0. The van der Waals surface area contributed by atoms with Crippen LogP contribution in [0.2, 0.25) is 0 Å². The molecule has 0 amide bonds. The molecule has 14 heavy (non-hydrogen) atoms. The van der Waals surface area contributed by atoms with Gasteiger partial charge in [-0.2, -0.15) is 0 Å². The molecule has 0 saturated carbocycles. The van der Waals surface area contributed by atoms with Crippen molar-refractivity contribution in [3.8, 4) is 0 Å². The van der Waals surface area contributed by atoms with Crippen LogP contribution in [0.5, 0.6) is 0 Å². The zero-order valence-electron chi connectivity index (χ0n) is 6.04. The van der Waals surface area contributed by atoms with E-state index >= 15 is 0 Å². The molecule has 0 aliphatic carbocycles. The zero-order chi connectivity index (χ0) is 10.7. The van der Waals surface area contributed by atoms with Gasteiger partial charge in [0.1, 0.15) is 0 Å². The van der Waals surface area contributed by atoms with E-state index < -0.39 is 46.2 Å². The van der Waals surface area contributed by atoms with E-state index in [1.54, 1.807) is 0 Å². The third-order valence-corrected chi connectivity index (χ3v) is 0. The molecule has 0 rings (SSSR count). The van der Waals surface area contributed by atoms with Gasteiger partial charge in [0.2, 0.25) is 0 Å². The van der Waals surface area contributed by atoms with Gasteiger partial charge < -0.3 is 0 Å². The molecule has 77 valence electrons. The summed E-state index contributed by atoms with van der Waals surface area (Å²) in [6, 6.07) is 0. The van der Waals surface area contributed by atoms with Crippen LogP contribution in [-0.2, 0) is 68.2 Å². The number of hydrogen-bond acceptors (Lipinski definition) is 9. The predicted octanol–water partition coefficient (Wildman–Crippen LogP) is -5.05. The van der Waals surface area contributed by atoms with Crippen LogP contribution in [-0.4, -0.2) is 34.6 Å². The Hall–Kier alpha value is 1.38. The molecule has 0 saturated heterocycles. The Morgan fingerprint density at radius 2 is 0.571 bits per heavy atom. The summed E-state index contributed by atoms with van der Waals surface area (Å²) in [6.07, 6.45) is 0. The maximum atomic E-state index is 8.56. The third kappa shape index (κ3) is 1080. The van der Waals surface area contributed by atoms with Crippen LogP contribution in [0.15, 0.2) is 0 Å². The van der Waals surface area contributed by atoms with Gasteiger partial charge in [0.05, 0.1) is 0 Å². The molecule has 0 bridgehead atoms. The quantitative estimate of drug-likeness (QED) is 0.286. The minimum atomic E-state index is -3.94. The summed E-state index contributed by atoms with van der Waals surface area (Å²) in [6.45, 7) is 0. The third-order valence-electron chi connectivity index (χ3n) is 0. The van der Waals surface area contributed by atoms with Gasteiger partial charge in [0.15, 0.2) is 0 Å². The molecule has 0 spiro atoms. The van der Waals surface area contributed by atoms with Gasteiger partial charge in [-0.3, -0.25) is 0 Å². The molecule has 0 aromatic rings. The van der Waals surface area contributed by atoms with Crippen LogP contribution >= 0.6 is 0 Å². The Bertz CT molecular complexity index is 213. The molecular weight excluding hydrogens is 517 g/mol. The van der Waals surface area contributed by atoms with Crippen molar-refractivity contribution in [3.05, 3.63) is 0 Å². The Labute approximate surface area is 114 Å². The van der Waals surface area contributed by atoms with E-state index in [1.165, 1.54) is 0 Å². The Morgan fingerprint density at radius 3 is 0.571 bits per heavy atom. The van der Waals surface area contributed by atoms with Crippen LogP contribution in [0.1, 0.15) is 0 Å². The van der Waals surface area contributed by atoms with E-state index in [1.807, 2.05) is 0 Å². The second-order valence-corrected chi connectivity index (χ2v) is 2.77. The van der Waals surface area contributed by atoms with Crippen LogP contribution < -0.4 is 12.1 Å². The Balaban J connectivity index is -0.0000000270. The monoisotopic (exact) mass is 517 g/mol. The molecule has 0 heterocycles. The standard InChI is InChI=1S/B.Bi.9O.3V/q;+3;;;;;;;3*-1;;;. The fraction of sp³-hybridized carbons (Fsp3) is 0. The number of hydrogen-bond donors (Lipinski definition) is 0. The summed E-state index contributed by atoms with van der Waals surface area (Å²) in [5.74, 6) is 0. The normalized spacial score (nSPS) is 5.36. The summed E-state index contributed by atoms with van der Waals surface area (Å²) < 4.78 is 77.1. The summed E-state index contributed by atoms with van der Waals surface area (Å²) in [7, 11) is 0. The first kappa shape index (κ1) is 29.5. The van der Waals surface area contributed by atoms with Gasteiger partial charge in [0, 0.05) is 8.41 Å². The van der Waals surface area contributed by atoms with Crippen molar-refractivity contribution in [1.29, 1.82) is 0 Å². The molecule has 0 aromatic carbocycles. The predicted molar refractivity (Wildman–Crippen MR) is 15.6 cm³/mol. The molecule has 0 unspecified atom stereocenters. The van der Waals surface area contributed by atoms with E-state index in [9.17, 15) is 0 Å². The molecule has 14 heteroatoms. The summed E-state index contributed by atoms with van der Waals surface area (Å²) in [5.41, 5.74) is 0. The first-order chi connectivity index (χ1) is 5.20. The topological polar surface area (TPSA) is 172 Å².